The van der Waals surface area contributed by atoms with Crippen LogP contribution >= 0.6 is 11.3 Å². The first-order valence-corrected chi connectivity index (χ1v) is 11.5. The molecule has 164 valence electrons. The van der Waals surface area contributed by atoms with E-state index < -0.39 is 0 Å². The molecule has 1 unspecified atom stereocenters. The fourth-order valence-corrected chi connectivity index (χ4v) is 5.16. The van der Waals surface area contributed by atoms with Gasteiger partial charge in [0.05, 0.1) is 18.0 Å². The van der Waals surface area contributed by atoms with E-state index in [1.165, 1.54) is 23.5 Å². The number of hydrogen-bond donors (Lipinski definition) is 1. The van der Waals surface area contributed by atoms with Gasteiger partial charge in [0.15, 0.2) is 0 Å². The summed E-state index contributed by atoms with van der Waals surface area (Å²) in [5.41, 5.74) is 2.98. The molecule has 0 aliphatic rings. The van der Waals surface area contributed by atoms with Crippen molar-refractivity contribution >= 4 is 21.6 Å². The molecular weight excluding hydrogens is 433 g/mol. The Morgan fingerprint density at radius 1 is 0.939 bits per heavy atom. The molecule has 6 heteroatoms. The van der Waals surface area contributed by atoms with Crippen LogP contribution in [0.15, 0.2) is 95.8 Å². The Kier molecular flexibility index (Phi) is 5.86. The lowest BCUT2D eigenvalue weighted by Gasteiger charge is -2.28. The van der Waals surface area contributed by atoms with E-state index in [1.807, 2.05) is 61.6 Å². The number of nitrogens with one attached hydrogen (secondary N) is 1. The Morgan fingerprint density at radius 2 is 1.58 bits per heavy atom. The average Bonchev–Trinajstić information content (AvgIpc) is 3.27. The highest BCUT2D eigenvalue weighted by molar-refractivity contribution is 7.21. The molecular formula is C27H22FN3OS. The van der Waals surface area contributed by atoms with E-state index in [0.717, 1.165) is 26.4 Å². The minimum atomic E-state index is -0.267. The van der Waals surface area contributed by atoms with E-state index in [2.05, 4.69) is 22.0 Å². The van der Waals surface area contributed by atoms with Crippen LogP contribution in [0.3, 0.4) is 0 Å². The van der Waals surface area contributed by atoms with Crippen LogP contribution in [0.2, 0.25) is 0 Å². The van der Waals surface area contributed by atoms with Gasteiger partial charge in [-0.1, -0.05) is 72.8 Å². The summed E-state index contributed by atoms with van der Waals surface area (Å²) in [5.74, 6) is 0.330. The molecule has 0 fully saturated rings. The smallest absolute Gasteiger partial charge is 0.259 e. The molecule has 2 heterocycles. The predicted octanol–water partition coefficient (Wildman–Crippen LogP) is 6.01. The molecule has 33 heavy (non-hydrogen) atoms. The first kappa shape index (κ1) is 21.2. The Bertz CT molecular complexity index is 1430. The third-order valence-electron chi connectivity index (χ3n) is 5.65. The van der Waals surface area contributed by atoms with E-state index in [9.17, 15) is 9.18 Å². The van der Waals surface area contributed by atoms with Gasteiger partial charge in [0.25, 0.3) is 5.56 Å². The molecule has 0 amide bonds. The monoisotopic (exact) mass is 455 g/mol. The maximum absolute atomic E-state index is 13.6. The Labute approximate surface area is 195 Å². The van der Waals surface area contributed by atoms with E-state index in [-0.39, 0.29) is 17.4 Å². The summed E-state index contributed by atoms with van der Waals surface area (Å²) in [4.78, 5) is 24.4. The van der Waals surface area contributed by atoms with Gasteiger partial charge < -0.3 is 4.98 Å². The topological polar surface area (TPSA) is 49.0 Å². The lowest BCUT2D eigenvalue weighted by Crippen LogP contribution is -2.27. The van der Waals surface area contributed by atoms with Crippen LogP contribution in [0.25, 0.3) is 20.7 Å². The van der Waals surface area contributed by atoms with E-state index in [0.29, 0.717) is 17.8 Å². The van der Waals surface area contributed by atoms with Crippen LogP contribution in [0.1, 0.15) is 23.0 Å². The number of aromatic amines is 1. The Hall–Kier alpha value is -3.61. The van der Waals surface area contributed by atoms with E-state index in [4.69, 9.17) is 4.98 Å². The molecule has 0 bridgehead atoms. The highest BCUT2D eigenvalue weighted by Crippen LogP contribution is 2.32. The van der Waals surface area contributed by atoms with Crippen LogP contribution in [0, 0.1) is 5.82 Å². The van der Waals surface area contributed by atoms with E-state index in [1.54, 1.807) is 12.1 Å². The van der Waals surface area contributed by atoms with Gasteiger partial charge in [-0.3, -0.25) is 9.69 Å². The van der Waals surface area contributed by atoms with Crippen molar-refractivity contribution in [1.82, 2.24) is 14.9 Å². The number of aromatic nitrogens is 2. The third-order valence-corrected chi connectivity index (χ3v) is 6.73. The van der Waals surface area contributed by atoms with Gasteiger partial charge in [0.1, 0.15) is 16.5 Å². The number of fused-ring (bicyclic) bond motifs is 1. The minimum absolute atomic E-state index is 0.115. The summed E-state index contributed by atoms with van der Waals surface area (Å²) in [5, 5.41) is 0.600. The van der Waals surface area contributed by atoms with Gasteiger partial charge in [-0.25, -0.2) is 9.37 Å². The maximum Gasteiger partial charge on any atom is 0.259 e. The van der Waals surface area contributed by atoms with Crippen LogP contribution in [0.4, 0.5) is 4.39 Å². The molecule has 0 spiro atoms. The molecule has 0 saturated heterocycles. The largest absolute Gasteiger partial charge is 0.309 e. The zero-order valence-electron chi connectivity index (χ0n) is 18.0. The minimum Gasteiger partial charge on any atom is -0.309 e. The molecule has 0 radical (unpaired) electrons. The van der Waals surface area contributed by atoms with Gasteiger partial charge in [0.2, 0.25) is 0 Å². The lowest BCUT2D eigenvalue weighted by atomic mass is 9.97. The summed E-state index contributed by atoms with van der Waals surface area (Å²) in [6.45, 7) is 0.431. The zero-order valence-corrected chi connectivity index (χ0v) is 18.9. The van der Waals surface area contributed by atoms with Crippen LogP contribution in [0.5, 0.6) is 0 Å². The van der Waals surface area contributed by atoms with Crippen LogP contribution in [-0.4, -0.2) is 21.9 Å². The summed E-state index contributed by atoms with van der Waals surface area (Å²) >= 11 is 1.52. The molecule has 1 atom stereocenters. The van der Waals surface area contributed by atoms with Crippen LogP contribution in [-0.2, 0) is 6.54 Å². The molecule has 3 aromatic carbocycles. The maximum atomic E-state index is 13.6. The molecule has 0 aliphatic carbocycles. The quantitative estimate of drug-likeness (QED) is 0.341. The van der Waals surface area contributed by atoms with Crippen molar-refractivity contribution < 1.29 is 4.39 Å². The van der Waals surface area contributed by atoms with Gasteiger partial charge in [0, 0.05) is 4.88 Å². The fraction of sp³-hybridized carbons (Fsp3) is 0.111. The second-order valence-electron chi connectivity index (χ2n) is 7.99. The van der Waals surface area contributed by atoms with Crippen molar-refractivity contribution in [3.05, 3.63) is 124 Å². The Morgan fingerprint density at radius 3 is 2.27 bits per heavy atom. The zero-order chi connectivity index (χ0) is 22.8. The predicted molar refractivity (Wildman–Crippen MR) is 132 cm³/mol. The molecule has 5 rings (SSSR count). The molecule has 1 N–H and O–H groups in total. The second kappa shape index (κ2) is 9.10. The number of nitrogens with zero attached hydrogens (tertiary/aromatic N) is 2. The van der Waals surface area contributed by atoms with Crippen molar-refractivity contribution in [3.63, 3.8) is 0 Å². The highest BCUT2D eigenvalue weighted by atomic mass is 32.1. The first-order valence-electron chi connectivity index (χ1n) is 10.7. The van der Waals surface area contributed by atoms with Crippen molar-refractivity contribution in [2.45, 2.75) is 12.6 Å². The second-order valence-corrected chi connectivity index (χ2v) is 9.02. The molecule has 5 aromatic rings. The summed E-state index contributed by atoms with van der Waals surface area (Å²) < 4.78 is 13.6. The van der Waals surface area contributed by atoms with Crippen LogP contribution < -0.4 is 5.56 Å². The van der Waals surface area contributed by atoms with Crippen molar-refractivity contribution in [1.29, 1.82) is 0 Å². The number of thiophene rings is 1. The normalized spacial score (nSPS) is 12.3. The standard InChI is InChI=1S/C27H22FN3OS/c1-31(25(19-10-6-3-7-11-19)20-12-14-21(28)15-13-20)17-24-29-26(32)22-16-23(33-27(22)30-24)18-8-4-2-5-9-18/h2-16,25H,17H2,1H3,(H,29,30,32). The number of benzene rings is 3. The molecule has 0 aliphatic heterocycles. The van der Waals surface area contributed by atoms with Crippen molar-refractivity contribution in [2.75, 3.05) is 7.05 Å². The number of rotatable bonds is 6. The SMILES string of the molecule is CN(Cc1nc2sc(-c3ccccc3)cc2c(=O)[nH]1)C(c1ccccc1)c1ccc(F)cc1. The summed E-state index contributed by atoms with van der Waals surface area (Å²) in [7, 11) is 1.98. The number of hydrogen-bond acceptors (Lipinski definition) is 4. The number of H-pyrrole nitrogens is 1. The Balaban J connectivity index is 1.49. The molecule has 0 saturated carbocycles. The van der Waals surface area contributed by atoms with Gasteiger partial charge in [-0.05, 0) is 41.9 Å². The third kappa shape index (κ3) is 4.49. The van der Waals surface area contributed by atoms with Crippen molar-refractivity contribution in [3.8, 4) is 10.4 Å². The van der Waals surface area contributed by atoms with Gasteiger partial charge in [-0.2, -0.15) is 0 Å². The first-order chi connectivity index (χ1) is 16.1. The van der Waals surface area contributed by atoms with Crippen molar-refractivity contribution in [2.24, 2.45) is 0 Å². The molecule has 4 nitrogen and oxygen atoms in total. The highest BCUT2D eigenvalue weighted by Gasteiger charge is 2.21. The summed E-state index contributed by atoms with van der Waals surface area (Å²) in [6.07, 6.45) is 0. The number of halogens is 1. The van der Waals surface area contributed by atoms with Gasteiger partial charge in [-0.15, -0.1) is 11.3 Å². The van der Waals surface area contributed by atoms with Gasteiger partial charge >= 0.3 is 0 Å². The van der Waals surface area contributed by atoms with E-state index >= 15 is 0 Å². The molecule has 2 aromatic heterocycles. The lowest BCUT2D eigenvalue weighted by molar-refractivity contribution is 0.264. The summed E-state index contributed by atoms with van der Waals surface area (Å²) in [6, 6.07) is 28.4. The average molecular weight is 456 g/mol. The fourth-order valence-electron chi connectivity index (χ4n) is 4.10.